The lowest BCUT2D eigenvalue weighted by atomic mass is 9.99. The van der Waals surface area contributed by atoms with Crippen molar-refractivity contribution >= 4 is 5.91 Å². The van der Waals surface area contributed by atoms with Gasteiger partial charge in [0, 0.05) is 25.1 Å². The van der Waals surface area contributed by atoms with Gasteiger partial charge in [0.1, 0.15) is 5.75 Å². The highest BCUT2D eigenvalue weighted by Crippen LogP contribution is 2.25. The molecule has 35 heavy (non-hydrogen) atoms. The maximum Gasteiger partial charge on any atom is 0.251 e. The fraction of sp³-hybridized carbons (Fsp3) is 0.387. The molecule has 0 aliphatic carbocycles. The number of ether oxygens (including phenoxy) is 1. The number of nitrogens with zero attached hydrogens (tertiary/aromatic N) is 1. The highest BCUT2D eigenvalue weighted by molar-refractivity contribution is 5.94. The van der Waals surface area contributed by atoms with Gasteiger partial charge in [-0.05, 0) is 85.6 Å². The van der Waals surface area contributed by atoms with Crippen molar-refractivity contribution < 1.29 is 9.53 Å². The third-order valence-electron chi connectivity index (χ3n) is 6.57. The Morgan fingerprint density at radius 2 is 1.80 bits per heavy atom. The SMILES string of the molecule is CCCN1CCCCCOc2ccc(C(=O)NCCc3ccccc3)cc2Cc2cccc(c2)C1. The minimum absolute atomic E-state index is 0.0351. The van der Waals surface area contributed by atoms with Crippen LogP contribution in [0.1, 0.15) is 65.2 Å². The van der Waals surface area contributed by atoms with Crippen molar-refractivity contribution in [1.29, 1.82) is 0 Å². The summed E-state index contributed by atoms with van der Waals surface area (Å²) in [4.78, 5) is 15.5. The van der Waals surface area contributed by atoms with E-state index < -0.39 is 0 Å². The maximum atomic E-state index is 12.9. The van der Waals surface area contributed by atoms with Crippen LogP contribution in [0.3, 0.4) is 0 Å². The molecular formula is C31H38N2O2. The largest absolute Gasteiger partial charge is 0.493 e. The fourth-order valence-corrected chi connectivity index (χ4v) is 4.77. The van der Waals surface area contributed by atoms with E-state index in [0.29, 0.717) is 18.7 Å². The van der Waals surface area contributed by atoms with Crippen molar-refractivity contribution in [2.75, 3.05) is 26.2 Å². The van der Waals surface area contributed by atoms with Gasteiger partial charge in [0.15, 0.2) is 0 Å². The van der Waals surface area contributed by atoms with Gasteiger partial charge in [-0.2, -0.15) is 0 Å². The van der Waals surface area contributed by atoms with E-state index in [9.17, 15) is 4.79 Å². The number of carbonyl (C=O) groups is 1. The molecule has 1 heterocycles. The van der Waals surface area contributed by atoms with Gasteiger partial charge < -0.3 is 10.1 Å². The van der Waals surface area contributed by atoms with Crippen LogP contribution in [0.15, 0.2) is 72.8 Å². The topological polar surface area (TPSA) is 41.6 Å². The van der Waals surface area contributed by atoms with E-state index in [-0.39, 0.29) is 5.91 Å². The molecule has 2 bridgehead atoms. The summed E-state index contributed by atoms with van der Waals surface area (Å²) in [5.41, 5.74) is 5.59. The lowest BCUT2D eigenvalue weighted by Gasteiger charge is -2.22. The van der Waals surface area contributed by atoms with Crippen LogP contribution in [0, 0.1) is 0 Å². The van der Waals surface area contributed by atoms with Gasteiger partial charge in [0.2, 0.25) is 0 Å². The van der Waals surface area contributed by atoms with Crippen LogP contribution in [-0.2, 0) is 19.4 Å². The van der Waals surface area contributed by atoms with E-state index in [4.69, 9.17) is 4.74 Å². The number of nitrogens with one attached hydrogen (secondary N) is 1. The van der Waals surface area contributed by atoms with E-state index in [2.05, 4.69) is 53.5 Å². The van der Waals surface area contributed by atoms with Crippen LogP contribution in [0.25, 0.3) is 0 Å². The minimum Gasteiger partial charge on any atom is -0.493 e. The quantitative estimate of drug-likeness (QED) is 0.479. The molecule has 3 aromatic rings. The van der Waals surface area contributed by atoms with Crippen LogP contribution in [0.4, 0.5) is 0 Å². The third kappa shape index (κ3) is 7.69. The van der Waals surface area contributed by atoms with Crippen LogP contribution in [0.5, 0.6) is 5.75 Å². The summed E-state index contributed by atoms with van der Waals surface area (Å²) in [6.07, 6.45) is 6.15. The first-order valence-electron chi connectivity index (χ1n) is 13.1. The summed E-state index contributed by atoms with van der Waals surface area (Å²) in [5, 5.41) is 3.08. The van der Waals surface area contributed by atoms with Gasteiger partial charge in [0.25, 0.3) is 5.91 Å². The fourth-order valence-electron chi connectivity index (χ4n) is 4.77. The van der Waals surface area contributed by atoms with E-state index in [1.54, 1.807) is 0 Å². The maximum absolute atomic E-state index is 12.9. The Kier molecular flexibility index (Phi) is 9.36. The Balaban J connectivity index is 1.50. The normalized spacial score (nSPS) is 14.9. The minimum atomic E-state index is -0.0351. The Bertz CT molecular complexity index is 1080. The van der Waals surface area contributed by atoms with E-state index in [1.165, 1.54) is 29.5 Å². The first kappa shape index (κ1) is 25.0. The molecule has 4 nitrogen and oxygen atoms in total. The van der Waals surface area contributed by atoms with Gasteiger partial charge in [-0.3, -0.25) is 9.69 Å². The molecule has 0 aromatic heterocycles. The van der Waals surface area contributed by atoms with E-state index in [0.717, 1.165) is 56.6 Å². The molecule has 4 rings (SSSR count). The Morgan fingerprint density at radius 3 is 2.66 bits per heavy atom. The molecule has 1 amide bonds. The Morgan fingerprint density at radius 1 is 0.943 bits per heavy atom. The second-order valence-corrected chi connectivity index (χ2v) is 9.50. The molecular weight excluding hydrogens is 432 g/mol. The zero-order valence-corrected chi connectivity index (χ0v) is 21.0. The van der Waals surface area contributed by atoms with Gasteiger partial charge in [-0.15, -0.1) is 0 Å². The predicted molar refractivity (Wildman–Crippen MR) is 143 cm³/mol. The summed E-state index contributed by atoms with van der Waals surface area (Å²) in [5.74, 6) is 0.855. The molecule has 0 spiro atoms. The van der Waals surface area contributed by atoms with Crippen molar-refractivity contribution in [3.63, 3.8) is 0 Å². The lowest BCUT2D eigenvalue weighted by Crippen LogP contribution is -2.26. The van der Waals surface area contributed by atoms with E-state index in [1.807, 2.05) is 36.4 Å². The molecule has 0 fully saturated rings. The van der Waals surface area contributed by atoms with Crippen molar-refractivity contribution in [1.82, 2.24) is 10.2 Å². The van der Waals surface area contributed by atoms with Gasteiger partial charge in [0.05, 0.1) is 6.61 Å². The molecule has 4 heteroatoms. The Hall–Kier alpha value is -3.11. The molecule has 1 aliphatic rings. The number of rotatable bonds is 6. The molecule has 3 aromatic carbocycles. The summed E-state index contributed by atoms with van der Waals surface area (Å²) in [7, 11) is 0. The lowest BCUT2D eigenvalue weighted by molar-refractivity contribution is 0.0954. The molecule has 0 radical (unpaired) electrons. The van der Waals surface area contributed by atoms with Crippen molar-refractivity contribution in [2.24, 2.45) is 0 Å². The summed E-state index contributed by atoms with van der Waals surface area (Å²) >= 11 is 0. The number of hydrogen-bond acceptors (Lipinski definition) is 3. The zero-order valence-electron chi connectivity index (χ0n) is 21.0. The second-order valence-electron chi connectivity index (χ2n) is 9.50. The third-order valence-corrected chi connectivity index (χ3v) is 6.57. The summed E-state index contributed by atoms with van der Waals surface area (Å²) < 4.78 is 6.21. The standard InChI is InChI=1S/C31H38N2O2/c1-2-18-33-19-7-4-8-20-35-30-15-14-28(31(34)32-17-16-25-10-5-3-6-11-25)23-29(30)22-26-12-9-13-27(21-26)24-33/h3,5-6,9-15,21,23H,2,4,7-8,16-20,22,24H2,1H3,(H,32,34). The van der Waals surface area contributed by atoms with Crippen LogP contribution < -0.4 is 10.1 Å². The van der Waals surface area contributed by atoms with Crippen LogP contribution in [-0.4, -0.2) is 37.0 Å². The van der Waals surface area contributed by atoms with Gasteiger partial charge in [-0.25, -0.2) is 0 Å². The molecule has 0 saturated carbocycles. The molecule has 1 N–H and O–H groups in total. The molecule has 0 atom stereocenters. The number of amides is 1. The van der Waals surface area contributed by atoms with Crippen LogP contribution >= 0.6 is 0 Å². The molecule has 0 saturated heterocycles. The highest BCUT2D eigenvalue weighted by atomic mass is 16.5. The average Bonchev–Trinajstić information content (AvgIpc) is 2.87. The van der Waals surface area contributed by atoms with Gasteiger partial charge in [-0.1, -0.05) is 61.5 Å². The number of hydrogen-bond donors (Lipinski definition) is 1. The molecule has 184 valence electrons. The first-order chi connectivity index (χ1) is 17.2. The average molecular weight is 471 g/mol. The molecule has 0 unspecified atom stereocenters. The highest BCUT2D eigenvalue weighted by Gasteiger charge is 2.13. The Labute approximate surface area is 210 Å². The van der Waals surface area contributed by atoms with Crippen molar-refractivity contribution in [3.05, 3.63) is 101 Å². The van der Waals surface area contributed by atoms with Crippen molar-refractivity contribution in [2.45, 2.75) is 52.0 Å². The summed E-state index contributed by atoms with van der Waals surface area (Å²) in [6, 6.07) is 25.0. The smallest absolute Gasteiger partial charge is 0.251 e. The summed E-state index contributed by atoms with van der Waals surface area (Å²) in [6.45, 7) is 6.84. The monoisotopic (exact) mass is 470 g/mol. The number of carbonyl (C=O) groups excluding carboxylic acids is 1. The van der Waals surface area contributed by atoms with Crippen LogP contribution in [0.2, 0.25) is 0 Å². The second kappa shape index (κ2) is 13.1. The van der Waals surface area contributed by atoms with Crippen molar-refractivity contribution in [3.8, 4) is 5.75 Å². The van der Waals surface area contributed by atoms with Gasteiger partial charge >= 0.3 is 0 Å². The predicted octanol–water partition coefficient (Wildman–Crippen LogP) is 6.02. The zero-order chi connectivity index (χ0) is 24.3. The number of benzene rings is 3. The molecule has 1 aliphatic heterocycles. The van der Waals surface area contributed by atoms with E-state index >= 15 is 0 Å². The number of fused-ring (bicyclic) bond motifs is 3. The first-order valence-corrected chi connectivity index (χ1v) is 13.1.